The molecule has 0 saturated heterocycles. The van der Waals surface area contributed by atoms with Gasteiger partial charge >= 0.3 is 5.97 Å². The highest BCUT2D eigenvalue weighted by Gasteiger charge is 2.22. The second kappa shape index (κ2) is 7.30. The molecule has 104 valence electrons. The Kier molecular flexibility index (Phi) is 6.04. The highest BCUT2D eigenvalue weighted by molar-refractivity contribution is 7.98. The van der Waals surface area contributed by atoms with Crippen LogP contribution in [0.25, 0.3) is 0 Å². The first-order chi connectivity index (χ1) is 8.99. The van der Waals surface area contributed by atoms with Crippen LogP contribution in [0.3, 0.4) is 0 Å². The molecule has 1 atom stereocenters. The average molecular weight is 304 g/mol. The molecule has 0 aliphatic rings. The molecule has 19 heavy (non-hydrogen) atoms. The van der Waals surface area contributed by atoms with Crippen molar-refractivity contribution in [3.8, 4) is 0 Å². The van der Waals surface area contributed by atoms with Gasteiger partial charge in [0, 0.05) is 0 Å². The molecule has 1 rings (SSSR count). The van der Waals surface area contributed by atoms with Crippen LogP contribution in [0.2, 0.25) is 5.02 Å². The summed E-state index contributed by atoms with van der Waals surface area (Å²) in [6.07, 6.45) is 4.08. The quantitative estimate of drug-likeness (QED) is 0.615. The fourth-order valence-corrected chi connectivity index (χ4v) is 1.90. The van der Waals surface area contributed by atoms with Crippen LogP contribution in [0.5, 0.6) is 0 Å². The smallest absolute Gasteiger partial charge is 0.326 e. The van der Waals surface area contributed by atoms with Crippen LogP contribution in [0, 0.1) is 0 Å². The largest absolute Gasteiger partial charge is 0.480 e. The molecule has 0 bridgehead atoms. The number of halogens is 1. The third-order valence-corrected chi connectivity index (χ3v) is 3.14. The van der Waals surface area contributed by atoms with Gasteiger partial charge in [-0.25, -0.2) is 14.8 Å². The third-order valence-electron chi connectivity index (χ3n) is 2.30. The summed E-state index contributed by atoms with van der Waals surface area (Å²) in [7, 11) is 0. The van der Waals surface area contributed by atoms with E-state index < -0.39 is 17.9 Å². The summed E-state index contributed by atoms with van der Waals surface area (Å²) >= 11 is 7.11. The molecule has 0 radical (unpaired) electrons. The van der Waals surface area contributed by atoms with E-state index in [1.165, 1.54) is 18.0 Å². The maximum Gasteiger partial charge on any atom is 0.326 e. The minimum absolute atomic E-state index is 0.0108. The summed E-state index contributed by atoms with van der Waals surface area (Å²) in [5, 5.41) is 11.9. The number of carbonyl (C=O) groups is 2. The van der Waals surface area contributed by atoms with Gasteiger partial charge in [0.15, 0.2) is 10.9 Å². The Bertz CT molecular complexity index is 484. The summed E-state index contributed by atoms with van der Waals surface area (Å²) in [5.41, 5.74) is -0.0108. The summed E-state index contributed by atoms with van der Waals surface area (Å²) in [6.45, 7) is 1.84. The number of hydrogen-bond acceptors (Lipinski definition) is 5. The third kappa shape index (κ3) is 4.36. The molecule has 0 aliphatic heterocycles. The second-order valence-corrected chi connectivity index (χ2v) is 4.89. The van der Waals surface area contributed by atoms with Crippen molar-refractivity contribution in [1.29, 1.82) is 0 Å². The molecule has 0 spiro atoms. The number of rotatable bonds is 6. The topological polar surface area (TPSA) is 92.2 Å². The SMILES string of the molecule is CCC[C@@H](NC(=O)c1nc(SC)ncc1Cl)C(=O)O. The first-order valence-electron chi connectivity index (χ1n) is 5.59. The van der Waals surface area contributed by atoms with Crippen LogP contribution in [0.15, 0.2) is 11.4 Å². The van der Waals surface area contributed by atoms with E-state index in [0.717, 1.165) is 0 Å². The Hall–Kier alpha value is -1.34. The molecule has 1 amide bonds. The normalized spacial score (nSPS) is 11.9. The lowest BCUT2D eigenvalue weighted by Crippen LogP contribution is -2.41. The van der Waals surface area contributed by atoms with E-state index in [1.54, 1.807) is 6.26 Å². The fraction of sp³-hybridized carbons (Fsp3) is 0.455. The predicted octanol–water partition coefficient (Wildman–Crippen LogP) is 1.84. The van der Waals surface area contributed by atoms with E-state index in [0.29, 0.717) is 18.0 Å². The lowest BCUT2D eigenvalue weighted by Gasteiger charge is -2.13. The lowest BCUT2D eigenvalue weighted by atomic mass is 10.1. The lowest BCUT2D eigenvalue weighted by molar-refractivity contribution is -0.139. The Morgan fingerprint density at radius 1 is 1.58 bits per heavy atom. The van der Waals surface area contributed by atoms with Crippen molar-refractivity contribution >= 4 is 35.2 Å². The number of nitrogens with one attached hydrogen (secondary N) is 1. The van der Waals surface area contributed by atoms with Crippen molar-refractivity contribution in [3.63, 3.8) is 0 Å². The average Bonchev–Trinajstić information content (AvgIpc) is 2.38. The van der Waals surface area contributed by atoms with Crippen molar-refractivity contribution in [1.82, 2.24) is 15.3 Å². The molecule has 1 heterocycles. The zero-order chi connectivity index (χ0) is 14.4. The predicted molar refractivity (Wildman–Crippen MR) is 72.6 cm³/mol. The molecule has 1 aromatic rings. The Balaban J connectivity index is 2.90. The number of thioether (sulfide) groups is 1. The number of carboxylic acids is 1. The first kappa shape index (κ1) is 15.7. The molecule has 0 saturated carbocycles. The molecular formula is C11H14ClN3O3S. The summed E-state index contributed by atoms with van der Waals surface area (Å²) in [5.74, 6) is -1.69. The molecule has 2 N–H and O–H groups in total. The second-order valence-electron chi connectivity index (χ2n) is 3.71. The Morgan fingerprint density at radius 3 is 2.79 bits per heavy atom. The highest BCUT2D eigenvalue weighted by atomic mass is 35.5. The fourth-order valence-electron chi connectivity index (χ4n) is 1.38. The number of carbonyl (C=O) groups excluding carboxylic acids is 1. The van der Waals surface area contributed by atoms with Crippen LogP contribution in [-0.4, -0.2) is 39.2 Å². The molecule has 0 fully saturated rings. The maximum absolute atomic E-state index is 12.0. The molecular weight excluding hydrogens is 290 g/mol. The van der Waals surface area contributed by atoms with Gasteiger partial charge in [0.05, 0.1) is 11.2 Å². The van der Waals surface area contributed by atoms with Gasteiger partial charge in [0.25, 0.3) is 5.91 Å². The van der Waals surface area contributed by atoms with Crippen molar-refractivity contribution in [2.24, 2.45) is 0 Å². The van der Waals surface area contributed by atoms with E-state index in [9.17, 15) is 9.59 Å². The summed E-state index contributed by atoms with van der Waals surface area (Å²) in [4.78, 5) is 30.8. The Morgan fingerprint density at radius 2 is 2.26 bits per heavy atom. The van der Waals surface area contributed by atoms with Gasteiger partial charge in [0.1, 0.15) is 6.04 Å². The molecule has 1 aromatic heterocycles. The first-order valence-corrected chi connectivity index (χ1v) is 7.20. The Labute approximate surface area is 120 Å². The maximum atomic E-state index is 12.0. The zero-order valence-corrected chi connectivity index (χ0v) is 12.1. The standard InChI is InChI=1S/C11H14ClN3O3S/c1-3-4-7(10(17)18)14-9(16)8-6(12)5-13-11(15-8)19-2/h5,7H,3-4H2,1-2H3,(H,14,16)(H,17,18)/t7-/m1/s1. The molecule has 0 unspecified atom stereocenters. The number of aliphatic carboxylic acids is 1. The highest BCUT2D eigenvalue weighted by Crippen LogP contribution is 2.16. The molecule has 6 nitrogen and oxygen atoms in total. The zero-order valence-electron chi connectivity index (χ0n) is 10.5. The van der Waals surface area contributed by atoms with Gasteiger partial charge in [-0.05, 0) is 12.7 Å². The summed E-state index contributed by atoms with van der Waals surface area (Å²) < 4.78 is 0. The van der Waals surface area contributed by atoms with Crippen LogP contribution >= 0.6 is 23.4 Å². The van der Waals surface area contributed by atoms with Crippen LogP contribution in [0.1, 0.15) is 30.3 Å². The number of carboxylic acid groups (broad SMARTS) is 1. The minimum Gasteiger partial charge on any atom is -0.480 e. The number of amides is 1. The van der Waals surface area contributed by atoms with E-state index in [1.807, 2.05) is 6.92 Å². The van der Waals surface area contributed by atoms with Crippen molar-refractivity contribution in [2.75, 3.05) is 6.26 Å². The van der Waals surface area contributed by atoms with Gasteiger partial charge < -0.3 is 10.4 Å². The number of nitrogens with zero attached hydrogens (tertiary/aromatic N) is 2. The van der Waals surface area contributed by atoms with Crippen LogP contribution < -0.4 is 5.32 Å². The monoisotopic (exact) mass is 303 g/mol. The van der Waals surface area contributed by atoms with Crippen molar-refractivity contribution < 1.29 is 14.7 Å². The summed E-state index contributed by atoms with van der Waals surface area (Å²) in [6, 6.07) is -0.943. The minimum atomic E-state index is -1.08. The van der Waals surface area contributed by atoms with Gasteiger partial charge in [0.2, 0.25) is 0 Å². The van der Waals surface area contributed by atoms with Crippen LogP contribution in [-0.2, 0) is 4.79 Å². The number of hydrogen-bond donors (Lipinski definition) is 2. The molecule has 0 aromatic carbocycles. The van der Waals surface area contributed by atoms with Crippen LogP contribution in [0.4, 0.5) is 0 Å². The van der Waals surface area contributed by atoms with E-state index in [-0.39, 0.29) is 10.7 Å². The molecule has 0 aliphatic carbocycles. The van der Waals surface area contributed by atoms with Crippen molar-refractivity contribution in [3.05, 3.63) is 16.9 Å². The van der Waals surface area contributed by atoms with Gasteiger partial charge in [-0.15, -0.1) is 0 Å². The molecule has 8 heteroatoms. The van der Waals surface area contributed by atoms with Gasteiger partial charge in [-0.1, -0.05) is 36.7 Å². The van der Waals surface area contributed by atoms with E-state index in [2.05, 4.69) is 15.3 Å². The van der Waals surface area contributed by atoms with Crippen molar-refractivity contribution in [2.45, 2.75) is 31.0 Å². The van der Waals surface area contributed by atoms with Gasteiger partial charge in [-0.2, -0.15) is 0 Å². The van der Waals surface area contributed by atoms with Gasteiger partial charge in [-0.3, -0.25) is 4.79 Å². The van der Waals surface area contributed by atoms with E-state index >= 15 is 0 Å². The number of aromatic nitrogens is 2. The van der Waals surface area contributed by atoms with E-state index in [4.69, 9.17) is 16.7 Å².